The van der Waals surface area contributed by atoms with Crippen molar-refractivity contribution in [3.8, 4) is 0 Å². The molecule has 1 aromatic carbocycles. The van der Waals surface area contributed by atoms with E-state index in [-0.39, 0.29) is 12.6 Å². The summed E-state index contributed by atoms with van der Waals surface area (Å²) in [6, 6.07) is 9.82. The lowest BCUT2D eigenvalue weighted by molar-refractivity contribution is 0.0284. The first kappa shape index (κ1) is 14.3. The molecule has 20 heavy (non-hydrogen) atoms. The van der Waals surface area contributed by atoms with Crippen molar-refractivity contribution in [2.45, 2.75) is 26.0 Å². The Morgan fingerprint density at radius 2 is 2.05 bits per heavy atom. The Morgan fingerprint density at radius 1 is 1.35 bits per heavy atom. The fraction of sp³-hybridized carbons (Fsp3) is 0.333. The minimum atomic E-state index is -0.679. The van der Waals surface area contributed by atoms with Crippen LogP contribution >= 0.6 is 0 Å². The Balaban J connectivity index is 2.18. The fourth-order valence-electron chi connectivity index (χ4n) is 1.93. The van der Waals surface area contributed by atoms with Crippen molar-refractivity contribution in [3.05, 3.63) is 54.1 Å². The van der Waals surface area contributed by atoms with Crippen LogP contribution in [0.25, 0.3) is 0 Å². The Morgan fingerprint density at radius 3 is 2.70 bits per heavy atom. The van der Waals surface area contributed by atoms with Gasteiger partial charge in [0.05, 0.1) is 24.7 Å². The Hall–Kier alpha value is -2.14. The highest BCUT2D eigenvalue weighted by Gasteiger charge is 2.18. The maximum Gasteiger partial charge on any atom is 0.356 e. The van der Waals surface area contributed by atoms with Crippen LogP contribution in [0.15, 0.2) is 42.9 Å². The first-order chi connectivity index (χ1) is 9.59. The number of hydrogen-bond acceptors (Lipinski definition) is 4. The molecule has 0 amide bonds. The molecule has 0 aliphatic heterocycles. The third-order valence-corrected chi connectivity index (χ3v) is 3.03. The molecule has 106 valence electrons. The van der Waals surface area contributed by atoms with Gasteiger partial charge in [0.2, 0.25) is 0 Å². The molecule has 0 fully saturated rings. The van der Waals surface area contributed by atoms with E-state index in [2.05, 4.69) is 4.98 Å². The second-order valence-electron chi connectivity index (χ2n) is 4.72. The molecule has 0 saturated carbocycles. The number of imidazole rings is 1. The summed E-state index contributed by atoms with van der Waals surface area (Å²) in [6.45, 7) is 3.53. The van der Waals surface area contributed by atoms with Gasteiger partial charge in [0.15, 0.2) is 0 Å². The van der Waals surface area contributed by atoms with Gasteiger partial charge in [0.1, 0.15) is 12.3 Å². The summed E-state index contributed by atoms with van der Waals surface area (Å²) >= 11 is 0. The van der Waals surface area contributed by atoms with Crippen LogP contribution in [0.3, 0.4) is 0 Å². The zero-order valence-electron chi connectivity index (χ0n) is 11.6. The van der Waals surface area contributed by atoms with E-state index < -0.39 is 12.1 Å². The number of ether oxygens (including phenoxy) is 1. The average Bonchev–Trinajstić information content (AvgIpc) is 2.94. The Bertz CT molecular complexity index is 564. The lowest BCUT2D eigenvalue weighted by atomic mass is 10.1. The number of esters is 1. The molecule has 1 N–H and O–H groups in total. The number of aromatic nitrogens is 2. The first-order valence-corrected chi connectivity index (χ1v) is 6.51. The van der Waals surface area contributed by atoms with E-state index in [1.165, 1.54) is 6.20 Å². The molecule has 2 aromatic rings. The van der Waals surface area contributed by atoms with Crippen molar-refractivity contribution in [3.63, 3.8) is 0 Å². The van der Waals surface area contributed by atoms with Crippen LogP contribution in [-0.4, -0.2) is 33.3 Å². The minimum absolute atomic E-state index is 0.0206. The summed E-state index contributed by atoms with van der Waals surface area (Å²) in [5.74, 6) is -0.480. The van der Waals surface area contributed by atoms with Gasteiger partial charge in [-0.3, -0.25) is 0 Å². The molecule has 0 bridgehead atoms. The van der Waals surface area contributed by atoms with E-state index in [0.717, 1.165) is 5.56 Å². The van der Waals surface area contributed by atoms with Gasteiger partial charge in [-0.05, 0) is 19.4 Å². The van der Waals surface area contributed by atoms with Crippen molar-refractivity contribution in [2.24, 2.45) is 0 Å². The lowest BCUT2D eigenvalue weighted by Crippen LogP contribution is -2.19. The van der Waals surface area contributed by atoms with Gasteiger partial charge < -0.3 is 14.4 Å². The molecule has 2 rings (SSSR count). The van der Waals surface area contributed by atoms with E-state index >= 15 is 0 Å². The molecule has 0 saturated heterocycles. The van der Waals surface area contributed by atoms with Crippen LogP contribution in [0, 0.1) is 0 Å². The maximum absolute atomic E-state index is 12.0. The predicted molar refractivity (Wildman–Crippen MR) is 74.4 cm³/mol. The number of hydrogen-bond donors (Lipinski definition) is 1. The molecule has 5 nitrogen and oxygen atoms in total. The molecule has 5 heteroatoms. The van der Waals surface area contributed by atoms with E-state index in [1.807, 2.05) is 37.3 Å². The highest BCUT2D eigenvalue weighted by molar-refractivity contribution is 5.87. The van der Waals surface area contributed by atoms with Crippen LogP contribution in [-0.2, 0) is 4.74 Å². The average molecular weight is 274 g/mol. The van der Waals surface area contributed by atoms with Crippen LogP contribution in [0.5, 0.6) is 0 Å². The number of benzene rings is 1. The summed E-state index contributed by atoms with van der Waals surface area (Å²) < 4.78 is 6.79. The zero-order valence-corrected chi connectivity index (χ0v) is 11.6. The normalized spacial score (nSPS) is 13.8. The highest BCUT2D eigenvalue weighted by atomic mass is 16.5. The molecule has 1 unspecified atom stereocenters. The molecular formula is C15H18N2O3. The van der Waals surface area contributed by atoms with E-state index in [4.69, 9.17) is 9.84 Å². The van der Waals surface area contributed by atoms with Crippen LogP contribution in [0.2, 0.25) is 0 Å². The largest absolute Gasteiger partial charge is 0.458 e. The summed E-state index contributed by atoms with van der Waals surface area (Å²) in [5.41, 5.74) is 1.46. The van der Waals surface area contributed by atoms with Gasteiger partial charge in [-0.1, -0.05) is 30.3 Å². The fourth-order valence-corrected chi connectivity index (χ4v) is 1.93. The van der Waals surface area contributed by atoms with Crippen LogP contribution in [0.1, 0.15) is 35.9 Å². The monoisotopic (exact) mass is 274 g/mol. The predicted octanol–water partition coefficient (Wildman–Crippen LogP) is 2.03. The quantitative estimate of drug-likeness (QED) is 0.847. The Kier molecular flexibility index (Phi) is 4.53. The van der Waals surface area contributed by atoms with E-state index in [1.54, 1.807) is 17.8 Å². The van der Waals surface area contributed by atoms with Gasteiger partial charge >= 0.3 is 5.97 Å². The number of aliphatic hydroxyl groups is 1. The van der Waals surface area contributed by atoms with Crippen LogP contribution in [0.4, 0.5) is 0 Å². The highest BCUT2D eigenvalue weighted by Crippen LogP contribution is 2.19. The zero-order chi connectivity index (χ0) is 14.5. The van der Waals surface area contributed by atoms with Gasteiger partial charge in [0, 0.05) is 0 Å². The summed E-state index contributed by atoms with van der Waals surface area (Å²) in [5, 5.41) is 9.16. The standard InChI is InChI=1S/C15H18N2O3/c1-11(18)9-20-15(19)14-8-16-10-17(14)12(2)13-6-4-3-5-7-13/h3-8,10-12,18H,9H2,1-2H3/t11?,12-/m1/s1. The third-order valence-electron chi connectivity index (χ3n) is 3.03. The van der Waals surface area contributed by atoms with E-state index in [0.29, 0.717) is 5.69 Å². The molecule has 1 heterocycles. The maximum atomic E-state index is 12.0. The number of aliphatic hydroxyl groups excluding tert-OH is 1. The Labute approximate surface area is 117 Å². The number of carbonyl (C=O) groups excluding carboxylic acids is 1. The smallest absolute Gasteiger partial charge is 0.356 e. The SMILES string of the molecule is CC(O)COC(=O)c1cncn1[C@H](C)c1ccccc1. The molecule has 0 aliphatic rings. The van der Waals surface area contributed by atoms with Gasteiger partial charge in [-0.25, -0.2) is 9.78 Å². The van der Waals surface area contributed by atoms with Crippen molar-refractivity contribution in [2.75, 3.05) is 6.61 Å². The molecule has 2 atom stereocenters. The van der Waals surface area contributed by atoms with Crippen molar-refractivity contribution >= 4 is 5.97 Å². The third kappa shape index (κ3) is 3.24. The summed E-state index contributed by atoms with van der Waals surface area (Å²) in [7, 11) is 0. The second-order valence-corrected chi connectivity index (χ2v) is 4.72. The molecule has 0 spiro atoms. The molecule has 0 aliphatic carbocycles. The molecule has 0 radical (unpaired) electrons. The van der Waals surface area contributed by atoms with Gasteiger partial charge in [-0.2, -0.15) is 0 Å². The minimum Gasteiger partial charge on any atom is -0.458 e. The van der Waals surface area contributed by atoms with Crippen molar-refractivity contribution < 1.29 is 14.6 Å². The first-order valence-electron chi connectivity index (χ1n) is 6.51. The van der Waals surface area contributed by atoms with Gasteiger partial charge in [-0.15, -0.1) is 0 Å². The molecule has 1 aromatic heterocycles. The summed E-state index contributed by atoms with van der Waals surface area (Å²) in [4.78, 5) is 16.0. The summed E-state index contributed by atoms with van der Waals surface area (Å²) in [6.07, 6.45) is 2.40. The molecular weight excluding hydrogens is 256 g/mol. The van der Waals surface area contributed by atoms with Crippen molar-refractivity contribution in [1.29, 1.82) is 0 Å². The lowest BCUT2D eigenvalue weighted by Gasteiger charge is -2.16. The second kappa shape index (κ2) is 6.34. The number of nitrogens with zero attached hydrogens (tertiary/aromatic N) is 2. The number of rotatable bonds is 5. The topological polar surface area (TPSA) is 64.3 Å². The van der Waals surface area contributed by atoms with Crippen LogP contribution < -0.4 is 0 Å². The van der Waals surface area contributed by atoms with Crippen molar-refractivity contribution in [1.82, 2.24) is 9.55 Å². The number of carbonyl (C=O) groups is 1. The van der Waals surface area contributed by atoms with E-state index in [9.17, 15) is 4.79 Å². The van der Waals surface area contributed by atoms with Gasteiger partial charge in [0.25, 0.3) is 0 Å².